The van der Waals surface area contributed by atoms with E-state index in [4.69, 9.17) is 9.88 Å². The Morgan fingerprint density at radius 2 is 1.72 bits per heavy atom. The average Bonchev–Trinajstić information content (AvgIpc) is 2.59. The van der Waals surface area contributed by atoms with E-state index in [2.05, 4.69) is 16.3 Å². The van der Waals surface area contributed by atoms with Gasteiger partial charge in [0.15, 0.2) is 5.79 Å². The summed E-state index contributed by atoms with van der Waals surface area (Å²) in [5, 5.41) is 14.1. The molecule has 0 heterocycles. The molecular weight excluding hydrogens is 342 g/mol. The lowest BCUT2D eigenvalue weighted by Crippen LogP contribution is -2.32. The second kappa shape index (κ2) is 11.6. The molecule has 1 aliphatic carbocycles. The highest BCUT2D eigenvalue weighted by Crippen LogP contribution is 2.27. The fourth-order valence-electron chi connectivity index (χ4n) is 2.74. The molecule has 0 amide bonds. The maximum Gasteiger partial charge on any atom is 0.333 e. The molecule has 1 aromatic carbocycles. The Morgan fingerprint density at radius 1 is 1.08 bits per heavy atom. The van der Waals surface area contributed by atoms with Gasteiger partial charge in [-0.1, -0.05) is 43.2 Å². The minimum Gasteiger partial charge on any atom is -0.365 e. The van der Waals surface area contributed by atoms with Crippen LogP contribution < -0.4 is 5.14 Å². The molecule has 0 saturated heterocycles. The van der Waals surface area contributed by atoms with E-state index in [0.29, 0.717) is 6.42 Å². The van der Waals surface area contributed by atoms with Gasteiger partial charge in [0.2, 0.25) is 0 Å². The van der Waals surface area contributed by atoms with Crippen molar-refractivity contribution in [3.63, 3.8) is 0 Å². The first-order chi connectivity index (χ1) is 11.8. The molecule has 0 aliphatic heterocycles. The average molecular weight is 374 g/mol. The summed E-state index contributed by atoms with van der Waals surface area (Å²) in [6.07, 6.45) is 8.75. The summed E-state index contributed by atoms with van der Waals surface area (Å²) in [6, 6.07) is 10.2. The number of aliphatic hydroxyl groups is 1. The van der Waals surface area contributed by atoms with Crippen molar-refractivity contribution < 1.29 is 22.4 Å². The van der Waals surface area contributed by atoms with Crippen molar-refractivity contribution in [3.8, 4) is 0 Å². The SMILES string of the molecule is COC1(O)CCCCC1.NS(=O)(=O)OCCCCCc1ccccc1. The smallest absolute Gasteiger partial charge is 0.333 e. The predicted molar refractivity (Wildman–Crippen MR) is 98.1 cm³/mol. The zero-order chi connectivity index (χ0) is 18.6. The van der Waals surface area contributed by atoms with E-state index in [1.54, 1.807) is 7.11 Å². The topological polar surface area (TPSA) is 98.9 Å². The lowest BCUT2D eigenvalue weighted by molar-refractivity contribution is -0.202. The van der Waals surface area contributed by atoms with Crippen molar-refractivity contribution in [1.82, 2.24) is 0 Å². The van der Waals surface area contributed by atoms with Crippen LogP contribution in [-0.4, -0.2) is 33.0 Å². The minimum atomic E-state index is -3.76. The van der Waals surface area contributed by atoms with Gasteiger partial charge in [-0.15, -0.1) is 0 Å². The van der Waals surface area contributed by atoms with Crippen LogP contribution in [-0.2, 0) is 25.6 Å². The van der Waals surface area contributed by atoms with E-state index in [1.165, 1.54) is 12.0 Å². The van der Waals surface area contributed by atoms with Crippen molar-refractivity contribution in [3.05, 3.63) is 35.9 Å². The summed E-state index contributed by atoms with van der Waals surface area (Å²) in [4.78, 5) is 0. The maximum atomic E-state index is 10.4. The number of methoxy groups -OCH3 is 1. The number of nitrogens with two attached hydrogens (primary N) is 1. The second-order valence-corrected chi connectivity index (χ2v) is 7.54. The quantitative estimate of drug-likeness (QED) is 0.539. The standard InChI is InChI=1S/C11H17NO3S.C7H14O2/c12-16(13,14)15-10-6-2-5-9-11-7-3-1-4-8-11;1-9-7(8)5-3-2-4-6-7/h1,3-4,7-8H,2,5-6,9-10H2,(H2,12,13,14);8H,2-6H2,1H3. The van der Waals surface area contributed by atoms with Gasteiger partial charge in [0.05, 0.1) is 6.61 Å². The fourth-order valence-corrected chi connectivity index (χ4v) is 3.09. The van der Waals surface area contributed by atoms with Crippen LogP contribution in [0.2, 0.25) is 0 Å². The predicted octanol–water partition coefficient (Wildman–Crippen LogP) is 2.91. The van der Waals surface area contributed by atoms with Crippen molar-refractivity contribution in [2.24, 2.45) is 5.14 Å². The first kappa shape index (κ1) is 22.1. The van der Waals surface area contributed by atoms with Crippen molar-refractivity contribution in [1.29, 1.82) is 0 Å². The van der Waals surface area contributed by atoms with Crippen LogP contribution in [0.3, 0.4) is 0 Å². The maximum absolute atomic E-state index is 10.4. The van der Waals surface area contributed by atoms with E-state index in [0.717, 1.165) is 44.9 Å². The Balaban J connectivity index is 0.000000293. The molecule has 2 rings (SSSR count). The van der Waals surface area contributed by atoms with Gasteiger partial charge in [0.25, 0.3) is 0 Å². The van der Waals surface area contributed by atoms with Crippen LogP contribution in [0.4, 0.5) is 0 Å². The van der Waals surface area contributed by atoms with Crippen molar-refractivity contribution in [2.75, 3.05) is 13.7 Å². The normalized spacial score (nSPS) is 16.8. The zero-order valence-corrected chi connectivity index (χ0v) is 15.8. The number of rotatable bonds is 8. The van der Waals surface area contributed by atoms with E-state index in [-0.39, 0.29) is 6.61 Å². The van der Waals surface area contributed by atoms with E-state index in [1.807, 2.05) is 18.2 Å². The van der Waals surface area contributed by atoms with Crippen LogP contribution in [0.5, 0.6) is 0 Å². The largest absolute Gasteiger partial charge is 0.365 e. The van der Waals surface area contributed by atoms with Crippen LogP contribution in [0.15, 0.2) is 30.3 Å². The Labute approximate surface area is 151 Å². The zero-order valence-electron chi connectivity index (χ0n) is 15.0. The molecule has 0 aromatic heterocycles. The lowest BCUT2D eigenvalue weighted by Gasteiger charge is -2.29. The number of benzene rings is 1. The van der Waals surface area contributed by atoms with Crippen molar-refractivity contribution in [2.45, 2.75) is 63.6 Å². The Bertz CT molecular complexity index is 556. The van der Waals surface area contributed by atoms with Gasteiger partial charge in [-0.25, -0.2) is 5.14 Å². The number of hydrogen-bond donors (Lipinski definition) is 2. The van der Waals surface area contributed by atoms with Gasteiger partial charge in [-0.3, -0.25) is 4.18 Å². The van der Waals surface area contributed by atoms with Crippen LogP contribution in [0.25, 0.3) is 0 Å². The second-order valence-electron chi connectivity index (χ2n) is 6.32. The van der Waals surface area contributed by atoms with E-state index in [9.17, 15) is 13.5 Å². The molecule has 3 N–H and O–H groups in total. The highest BCUT2D eigenvalue weighted by atomic mass is 32.2. The first-order valence-electron chi connectivity index (χ1n) is 8.83. The number of hydrogen-bond acceptors (Lipinski definition) is 5. The van der Waals surface area contributed by atoms with Gasteiger partial charge in [0.1, 0.15) is 0 Å². The Kier molecular flexibility index (Phi) is 10.2. The van der Waals surface area contributed by atoms with Gasteiger partial charge in [0, 0.05) is 20.0 Å². The van der Waals surface area contributed by atoms with Gasteiger partial charge < -0.3 is 9.84 Å². The van der Waals surface area contributed by atoms with Gasteiger partial charge >= 0.3 is 10.3 Å². The molecule has 0 bridgehead atoms. The molecule has 144 valence electrons. The highest BCUT2D eigenvalue weighted by Gasteiger charge is 2.27. The molecule has 25 heavy (non-hydrogen) atoms. The summed E-state index contributed by atoms with van der Waals surface area (Å²) < 4.78 is 30.2. The molecular formula is C18H31NO5S. The molecule has 0 atom stereocenters. The van der Waals surface area contributed by atoms with Gasteiger partial charge in [-0.05, 0) is 37.7 Å². The minimum absolute atomic E-state index is 0.174. The molecule has 1 fully saturated rings. The molecule has 0 unspecified atom stereocenters. The number of unbranched alkanes of at least 4 members (excludes halogenated alkanes) is 2. The molecule has 7 heteroatoms. The molecule has 6 nitrogen and oxygen atoms in total. The van der Waals surface area contributed by atoms with Crippen molar-refractivity contribution >= 4 is 10.3 Å². The molecule has 1 aromatic rings. The highest BCUT2D eigenvalue weighted by molar-refractivity contribution is 7.84. The monoisotopic (exact) mass is 373 g/mol. The lowest BCUT2D eigenvalue weighted by atomic mass is 9.94. The summed E-state index contributed by atoms with van der Waals surface area (Å²) in [7, 11) is -2.19. The van der Waals surface area contributed by atoms with E-state index >= 15 is 0 Å². The first-order valence-corrected chi connectivity index (χ1v) is 10.3. The third kappa shape index (κ3) is 11.3. The van der Waals surface area contributed by atoms with Crippen LogP contribution in [0, 0.1) is 0 Å². The third-order valence-corrected chi connectivity index (χ3v) is 4.71. The van der Waals surface area contributed by atoms with Crippen LogP contribution in [0.1, 0.15) is 56.9 Å². The summed E-state index contributed by atoms with van der Waals surface area (Å²) >= 11 is 0. The molecule has 0 spiro atoms. The molecule has 1 aliphatic rings. The van der Waals surface area contributed by atoms with Crippen LogP contribution >= 0.6 is 0 Å². The van der Waals surface area contributed by atoms with E-state index < -0.39 is 16.1 Å². The Morgan fingerprint density at radius 3 is 2.24 bits per heavy atom. The number of ether oxygens (including phenoxy) is 1. The summed E-state index contributed by atoms with van der Waals surface area (Å²) in [5.74, 6) is -0.780. The molecule has 1 saturated carbocycles. The summed E-state index contributed by atoms with van der Waals surface area (Å²) in [5.41, 5.74) is 1.30. The Hall–Kier alpha value is -0.990. The fraction of sp³-hybridized carbons (Fsp3) is 0.667. The molecule has 0 radical (unpaired) electrons. The summed E-state index contributed by atoms with van der Waals surface area (Å²) in [6.45, 7) is 0.174. The van der Waals surface area contributed by atoms with Gasteiger partial charge in [-0.2, -0.15) is 8.42 Å². The number of aryl methyl sites for hydroxylation is 1. The third-order valence-electron chi connectivity index (χ3n) is 4.22.